The molecule has 1 aromatic rings. The van der Waals surface area contributed by atoms with Crippen LogP contribution in [0.25, 0.3) is 0 Å². The SMILES string of the molecule is Cn1c(C(C(F)(F)F)C(F)(F)F)nc2c1CCC(N)C2. The van der Waals surface area contributed by atoms with Gasteiger partial charge < -0.3 is 10.3 Å². The topological polar surface area (TPSA) is 43.8 Å². The molecule has 0 radical (unpaired) electrons. The lowest BCUT2D eigenvalue weighted by Gasteiger charge is -2.23. The van der Waals surface area contributed by atoms with Crippen LogP contribution in [-0.4, -0.2) is 27.9 Å². The van der Waals surface area contributed by atoms with Crippen LogP contribution in [0.15, 0.2) is 0 Å². The number of aromatic nitrogens is 2. The molecule has 0 saturated carbocycles. The Bertz CT molecular complexity index is 487. The molecule has 9 heteroatoms. The van der Waals surface area contributed by atoms with Crippen LogP contribution in [-0.2, 0) is 19.9 Å². The van der Waals surface area contributed by atoms with E-state index in [9.17, 15) is 26.3 Å². The Kier molecular flexibility index (Phi) is 3.52. The average molecular weight is 301 g/mol. The van der Waals surface area contributed by atoms with Crippen LogP contribution < -0.4 is 5.73 Å². The maximum atomic E-state index is 12.7. The Hall–Kier alpha value is -1.25. The first-order valence-corrected chi connectivity index (χ1v) is 5.95. The molecule has 2 rings (SSSR count). The third-order valence-corrected chi connectivity index (χ3v) is 3.45. The molecule has 3 nitrogen and oxygen atoms in total. The van der Waals surface area contributed by atoms with E-state index >= 15 is 0 Å². The molecule has 0 fully saturated rings. The van der Waals surface area contributed by atoms with Crippen molar-refractivity contribution in [2.45, 2.75) is 43.6 Å². The van der Waals surface area contributed by atoms with Crippen LogP contribution in [0, 0.1) is 0 Å². The van der Waals surface area contributed by atoms with E-state index in [2.05, 4.69) is 4.98 Å². The van der Waals surface area contributed by atoms with Gasteiger partial charge in [0.15, 0.2) is 0 Å². The van der Waals surface area contributed by atoms with E-state index in [4.69, 9.17) is 5.73 Å². The van der Waals surface area contributed by atoms with Crippen molar-refractivity contribution in [3.05, 3.63) is 17.2 Å². The fraction of sp³-hybridized carbons (Fsp3) is 0.727. The van der Waals surface area contributed by atoms with E-state index in [0.29, 0.717) is 18.5 Å². The molecule has 1 aliphatic rings. The van der Waals surface area contributed by atoms with E-state index < -0.39 is 24.1 Å². The number of hydrogen-bond donors (Lipinski definition) is 1. The molecule has 0 bridgehead atoms. The van der Waals surface area contributed by atoms with Gasteiger partial charge >= 0.3 is 12.4 Å². The number of alkyl halides is 6. The number of imidazole rings is 1. The second-order valence-corrected chi connectivity index (χ2v) is 4.94. The molecule has 0 aromatic carbocycles. The van der Waals surface area contributed by atoms with Gasteiger partial charge in [-0.15, -0.1) is 0 Å². The number of nitrogens with zero attached hydrogens (tertiary/aromatic N) is 2. The van der Waals surface area contributed by atoms with E-state index in [-0.39, 0.29) is 18.2 Å². The van der Waals surface area contributed by atoms with Crippen molar-refractivity contribution in [1.29, 1.82) is 0 Å². The van der Waals surface area contributed by atoms with E-state index in [1.807, 2.05) is 0 Å². The van der Waals surface area contributed by atoms with E-state index in [1.54, 1.807) is 0 Å². The summed E-state index contributed by atoms with van der Waals surface area (Å²) >= 11 is 0. The Balaban J connectivity index is 2.51. The van der Waals surface area contributed by atoms with Gasteiger partial charge in [0.25, 0.3) is 0 Å². The van der Waals surface area contributed by atoms with Crippen LogP contribution >= 0.6 is 0 Å². The molecule has 2 N–H and O–H groups in total. The molecular weight excluding hydrogens is 288 g/mol. The Morgan fingerprint density at radius 1 is 1.20 bits per heavy atom. The molecular formula is C11H13F6N3. The number of rotatable bonds is 1. The molecule has 20 heavy (non-hydrogen) atoms. The van der Waals surface area contributed by atoms with Crippen molar-refractivity contribution in [2.24, 2.45) is 12.8 Å². The summed E-state index contributed by atoms with van der Waals surface area (Å²) in [4.78, 5) is 3.58. The van der Waals surface area contributed by atoms with Crippen molar-refractivity contribution < 1.29 is 26.3 Å². The van der Waals surface area contributed by atoms with Crippen molar-refractivity contribution in [3.8, 4) is 0 Å². The minimum Gasteiger partial charge on any atom is -0.334 e. The lowest BCUT2D eigenvalue weighted by molar-refractivity contribution is -0.256. The summed E-state index contributed by atoms with van der Waals surface area (Å²) in [5.41, 5.74) is 6.30. The predicted octanol–water partition coefficient (Wildman–Crippen LogP) is 2.44. The van der Waals surface area contributed by atoms with E-state index in [0.717, 1.165) is 4.57 Å². The summed E-state index contributed by atoms with van der Waals surface area (Å²) < 4.78 is 77.3. The number of fused-ring (bicyclic) bond motifs is 1. The molecule has 0 aliphatic heterocycles. The molecule has 1 atom stereocenters. The van der Waals surface area contributed by atoms with Crippen LogP contribution in [0.4, 0.5) is 26.3 Å². The largest absolute Gasteiger partial charge is 0.407 e. The maximum Gasteiger partial charge on any atom is 0.407 e. The lowest BCUT2D eigenvalue weighted by atomic mass is 9.97. The van der Waals surface area contributed by atoms with Gasteiger partial charge in [0, 0.05) is 25.2 Å². The quantitative estimate of drug-likeness (QED) is 0.810. The highest BCUT2D eigenvalue weighted by Crippen LogP contribution is 2.46. The highest BCUT2D eigenvalue weighted by molar-refractivity contribution is 5.24. The lowest BCUT2D eigenvalue weighted by Crippen LogP contribution is -2.36. The third kappa shape index (κ3) is 2.63. The molecule has 1 aliphatic carbocycles. The van der Waals surface area contributed by atoms with Crippen LogP contribution in [0.1, 0.15) is 29.6 Å². The summed E-state index contributed by atoms with van der Waals surface area (Å²) in [6.45, 7) is 0. The van der Waals surface area contributed by atoms with Crippen LogP contribution in [0.5, 0.6) is 0 Å². The first kappa shape index (κ1) is 15.1. The molecule has 0 spiro atoms. The monoisotopic (exact) mass is 301 g/mol. The summed E-state index contributed by atoms with van der Waals surface area (Å²) in [5.74, 6) is -4.58. The number of hydrogen-bond acceptors (Lipinski definition) is 2. The van der Waals surface area contributed by atoms with Crippen LogP contribution in [0.2, 0.25) is 0 Å². The van der Waals surface area contributed by atoms with Gasteiger partial charge in [-0.1, -0.05) is 0 Å². The van der Waals surface area contributed by atoms with Gasteiger partial charge in [-0.2, -0.15) is 26.3 Å². The zero-order chi connectivity index (χ0) is 15.3. The second kappa shape index (κ2) is 4.64. The van der Waals surface area contributed by atoms with Gasteiger partial charge in [-0.25, -0.2) is 4.98 Å². The second-order valence-electron chi connectivity index (χ2n) is 4.94. The molecule has 1 heterocycles. The highest BCUT2D eigenvalue weighted by atomic mass is 19.4. The van der Waals surface area contributed by atoms with Gasteiger partial charge in [0.2, 0.25) is 5.92 Å². The molecule has 0 amide bonds. The smallest absolute Gasteiger partial charge is 0.334 e. The minimum atomic E-state index is -5.43. The molecule has 0 saturated heterocycles. The van der Waals surface area contributed by atoms with Gasteiger partial charge in [0.05, 0.1) is 5.69 Å². The predicted molar refractivity (Wildman–Crippen MR) is 58.1 cm³/mol. The number of nitrogens with two attached hydrogens (primary N) is 1. The Morgan fingerprint density at radius 2 is 1.75 bits per heavy atom. The van der Waals surface area contributed by atoms with Gasteiger partial charge in [0.1, 0.15) is 5.82 Å². The van der Waals surface area contributed by atoms with Gasteiger partial charge in [-0.05, 0) is 12.8 Å². The fourth-order valence-electron chi connectivity index (χ4n) is 2.49. The normalized spacial score (nSPS) is 20.4. The summed E-state index contributed by atoms with van der Waals surface area (Å²) in [7, 11) is 1.18. The zero-order valence-electron chi connectivity index (χ0n) is 10.5. The molecule has 1 unspecified atom stereocenters. The van der Waals surface area contributed by atoms with E-state index in [1.165, 1.54) is 7.05 Å². The third-order valence-electron chi connectivity index (χ3n) is 3.45. The Morgan fingerprint density at radius 3 is 2.25 bits per heavy atom. The zero-order valence-corrected chi connectivity index (χ0v) is 10.5. The van der Waals surface area contributed by atoms with Crippen molar-refractivity contribution >= 4 is 0 Å². The fourth-order valence-corrected chi connectivity index (χ4v) is 2.49. The molecule has 1 aromatic heterocycles. The standard InChI is InChI=1S/C11H13F6N3/c1-20-7-3-2-5(18)4-6(7)19-9(20)8(10(12,13)14)11(15,16)17/h5,8H,2-4,18H2,1H3. The summed E-state index contributed by atoms with van der Waals surface area (Å²) in [6.07, 6.45) is -9.80. The van der Waals surface area contributed by atoms with Crippen LogP contribution in [0.3, 0.4) is 0 Å². The van der Waals surface area contributed by atoms with Crippen molar-refractivity contribution in [1.82, 2.24) is 9.55 Å². The summed E-state index contributed by atoms with van der Waals surface area (Å²) in [6, 6.07) is -0.277. The first-order chi connectivity index (χ1) is 9.01. The minimum absolute atomic E-state index is 0.200. The molecule has 114 valence electrons. The highest BCUT2D eigenvalue weighted by Gasteiger charge is 2.59. The van der Waals surface area contributed by atoms with Crippen molar-refractivity contribution in [2.75, 3.05) is 0 Å². The first-order valence-electron chi connectivity index (χ1n) is 5.95. The number of halogens is 6. The Labute approximate surface area is 110 Å². The maximum absolute atomic E-state index is 12.7. The van der Waals surface area contributed by atoms with Crippen molar-refractivity contribution in [3.63, 3.8) is 0 Å². The van der Waals surface area contributed by atoms with Gasteiger partial charge in [-0.3, -0.25) is 0 Å². The summed E-state index contributed by atoms with van der Waals surface area (Å²) in [5, 5.41) is 0. The average Bonchev–Trinajstić information content (AvgIpc) is 2.51.